The van der Waals surface area contributed by atoms with E-state index in [1.165, 1.54) is 10.4 Å². The van der Waals surface area contributed by atoms with Gasteiger partial charge in [-0.25, -0.2) is 9.50 Å². The molecule has 3 aromatic heterocycles. The van der Waals surface area contributed by atoms with Crippen LogP contribution in [0.15, 0.2) is 29.8 Å². The van der Waals surface area contributed by atoms with Gasteiger partial charge in [0, 0.05) is 41.0 Å². The standard InChI is InChI=1S/C16H20N4S/c1-11-9-16-18-10-15(13(3)20(16)19-11)12(2)17-7-6-14-5-4-8-21-14/h4-5,8-10,12,17H,6-7H2,1-3H3. The van der Waals surface area contributed by atoms with Crippen LogP contribution in [0, 0.1) is 13.8 Å². The van der Waals surface area contributed by atoms with Crippen LogP contribution in [0.25, 0.3) is 5.65 Å². The van der Waals surface area contributed by atoms with Gasteiger partial charge in [-0.05, 0) is 38.6 Å². The smallest absolute Gasteiger partial charge is 0.155 e. The number of nitrogens with zero attached hydrogens (tertiary/aromatic N) is 3. The summed E-state index contributed by atoms with van der Waals surface area (Å²) in [6.45, 7) is 7.25. The molecule has 1 N–H and O–H groups in total. The summed E-state index contributed by atoms with van der Waals surface area (Å²) in [5.41, 5.74) is 4.28. The minimum absolute atomic E-state index is 0.270. The Kier molecular flexibility index (Phi) is 4.03. The number of thiophene rings is 1. The second-order valence-corrected chi connectivity index (χ2v) is 6.39. The van der Waals surface area contributed by atoms with Crippen LogP contribution in [-0.2, 0) is 6.42 Å². The van der Waals surface area contributed by atoms with E-state index in [9.17, 15) is 0 Å². The summed E-state index contributed by atoms with van der Waals surface area (Å²) in [6, 6.07) is 6.56. The number of nitrogens with one attached hydrogen (secondary N) is 1. The molecule has 3 rings (SSSR count). The molecule has 5 heteroatoms. The summed E-state index contributed by atoms with van der Waals surface area (Å²) in [5.74, 6) is 0. The summed E-state index contributed by atoms with van der Waals surface area (Å²) < 4.78 is 1.93. The molecule has 0 aromatic carbocycles. The summed E-state index contributed by atoms with van der Waals surface area (Å²) >= 11 is 1.81. The molecule has 4 nitrogen and oxygen atoms in total. The van der Waals surface area contributed by atoms with Gasteiger partial charge in [0.1, 0.15) is 0 Å². The number of rotatable bonds is 5. The lowest BCUT2D eigenvalue weighted by molar-refractivity contribution is 0.569. The van der Waals surface area contributed by atoms with Gasteiger partial charge < -0.3 is 5.32 Å². The van der Waals surface area contributed by atoms with Gasteiger partial charge in [-0.15, -0.1) is 11.3 Å². The van der Waals surface area contributed by atoms with E-state index in [1.807, 2.05) is 35.0 Å². The molecule has 0 radical (unpaired) electrons. The zero-order valence-electron chi connectivity index (χ0n) is 12.6. The second-order valence-electron chi connectivity index (χ2n) is 5.36. The van der Waals surface area contributed by atoms with Crippen LogP contribution in [0.2, 0.25) is 0 Å². The predicted molar refractivity (Wildman–Crippen MR) is 86.9 cm³/mol. The van der Waals surface area contributed by atoms with E-state index in [1.54, 1.807) is 0 Å². The van der Waals surface area contributed by atoms with Crippen LogP contribution in [0.5, 0.6) is 0 Å². The molecule has 1 atom stereocenters. The average Bonchev–Trinajstić information content (AvgIpc) is 3.08. The lowest BCUT2D eigenvalue weighted by Crippen LogP contribution is -2.22. The zero-order valence-corrected chi connectivity index (χ0v) is 13.4. The number of fused-ring (bicyclic) bond motifs is 1. The first kappa shape index (κ1) is 14.2. The molecule has 110 valence electrons. The van der Waals surface area contributed by atoms with E-state index < -0.39 is 0 Å². The number of aromatic nitrogens is 3. The van der Waals surface area contributed by atoms with Crippen molar-refractivity contribution in [3.8, 4) is 0 Å². The highest BCUT2D eigenvalue weighted by Gasteiger charge is 2.12. The summed E-state index contributed by atoms with van der Waals surface area (Å²) in [4.78, 5) is 5.92. The number of hydrogen-bond donors (Lipinski definition) is 1. The van der Waals surface area contributed by atoms with Crippen molar-refractivity contribution < 1.29 is 0 Å². The van der Waals surface area contributed by atoms with Crippen molar-refractivity contribution in [3.05, 3.63) is 51.6 Å². The molecular weight excluding hydrogens is 280 g/mol. The highest BCUT2D eigenvalue weighted by Crippen LogP contribution is 2.18. The Morgan fingerprint density at radius 2 is 2.24 bits per heavy atom. The molecule has 0 aliphatic heterocycles. The van der Waals surface area contributed by atoms with Crippen molar-refractivity contribution in [2.75, 3.05) is 6.54 Å². The molecular formula is C16H20N4S. The van der Waals surface area contributed by atoms with Crippen molar-refractivity contribution in [3.63, 3.8) is 0 Å². The predicted octanol–water partition coefficient (Wildman–Crippen LogP) is 3.30. The van der Waals surface area contributed by atoms with Gasteiger partial charge in [-0.3, -0.25) is 0 Å². The third-order valence-electron chi connectivity index (χ3n) is 3.75. The van der Waals surface area contributed by atoms with E-state index in [2.05, 4.69) is 46.8 Å². The Hall–Kier alpha value is -1.72. The molecule has 1 unspecified atom stereocenters. The van der Waals surface area contributed by atoms with Crippen LogP contribution in [0.4, 0.5) is 0 Å². The van der Waals surface area contributed by atoms with Gasteiger partial charge in [0.2, 0.25) is 0 Å². The maximum Gasteiger partial charge on any atom is 0.155 e. The molecule has 0 spiro atoms. The van der Waals surface area contributed by atoms with Crippen molar-refractivity contribution in [1.29, 1.82) is 0 Å². The lowest BCUT2D eigenvalue weighted by atomic mass is 10.1. The van der Waals surface area contributed by atoms with Gasteiger partial charge in [0.25, 0.3) is 0 Å². The average molecular weight is 300 g/mol. The maximum absolute atomic E-state index is 4.50. The van der Waals surface area contributed by atoms with Crippen LogP contribution < -0.4 is 5.32 Å². The van der Waals surface area contributed by atoms with Gasteiger partial charge >= 0.3 is 0 Å². The van der Waals surface area contributed by atoms with Crippen molar-refractivity contribution in [2.45, 2.75) is 33.2 Å². The van der Waals surface area contributed by atoms with Gasteiger partial charge in [0.15, 0.2) is 5.65 Å². The third-order valence-corrected chi connectivity index (χ3v) is 4.69. The minimum Gasteiger partial charge on any atom is -0.310 e. The maximum atomic E-state index is 4.50. The first-order chi connectivity index (χ1) is 10.1. The van der Waals surface area contributed by atoms with Crippen LogP contribution in [0.3, 0.4) is 0 Å². The van der Waals surface area contributed by atoms with Crippen molar-refractivity contribution in [1.82, 2.24) is 19.9 Å². The SMILES string of the molecule is Cc1cc2ncc(C(C)NCCc3cccs3)c(C)n2n1. The molecule has 0 aliphatic carbocycles. The van der Waals surface area contributed by atoms with Crippen LogP contribution in [0.1, 0.15) is 34.8 Å². The molecule has 21 heavy (non-hydrogen) atoms. The first-order valence-electron chi connectivity index (χ1n) is 7.23. The van der Waals surface area contributed by atoms with Crippen LogP contribution >= 0.6 is 11.3 Å². The normalized spacial score (nSPS) is 12.9. The highest BCUT2D eigenvalue weighted by atomic mass is 32.1. The van der Waals surface area contributed by atoms with Gasteiger partial charge in [-0.2, -0.15) is 5.10 Å². The van der Waals surface area contributed by atoms with E-state index >= 15 is 0 Å². The summed E-state index contributed by atoms with van der Waals surface area (Å²) in [6.07, 6.45) is 3.03. The fourth-order valence-electron chi connectivity index (χ4n) is 2.58. The second kappa shape index (κ2) is 5.95. The molecule has 0 saturated heterocycles. The molecule has 0 saturated carbocycles. The van der Waals surface area contributed by atoms with Crippen molar-refractivity contribution >= 4 is 17.0 Å². The number of aryl methyl sites for hydroxylation is 2. The topological polar surface area (TPSA) is 42.2 Å². The van der Waals surface area contributed by atoms with E-state index in [4.69, 9.17) is 0 Å². The molecule has 0 aliphatic rings. The molecule has 0 amide bonds. The molecule has 3 aromatic rings. The molecule has 0 bridgehead atoms. The Morgan fingerprint density at radius 3 is 3.00 bits per heavy atom. The largest absolute Gasteiger partial charge is 0.310 e. The fourth-order valence-corrected chi connectivity index (χ4v) is 3.29. The Balaban J connectivity index is 1.71. The first-order valence-corrected chi connectivity index (χ1v) is 8.11. The minimum atomic E-state index is 0.270. The molecule has 0 fully saturated rings. The Labute approximate surface area is 128 Å². The summed E-state index contributed by atoms with van der Waals surface area (Å²) in [7, 11) is 0. The van der Waals surface area contributed by atoms with Gasteiger partial charge in [-0.1, -0.05) is 6.07 Å². The molecule has 3 heterocycles. The lowest BCUT2D eigenvalue weighted by Gasteiger charge is -2.16. The monoisotopic (exact) mass is 300 g/mol. The van der Waals surface area contributed by atoms with E-state index in [-0.39, 0.29) is 6.04 Å². The number of hydrogen-bond acceptors (Lipinski definition) is 4. The van der Waals surface area contributed by atoms with Crippen LogP contribution in [-0.4, -0.2) is 21.1 Å². The Bertz CT molecular complexity index is 730. The quantitative estimate of drug-likeness (QED) is 0.786. The Morgan fingerprint density at radius 1 is 1.38 bits per heavy atom. The third kappa shape index (κ3) is 2.99. The summed E-state index contributed by atoms with van der Waals surface area (Å²) in [5, 5.41) is 10.2. The zero-order chi connectivity index (χ0) is 14.8. The van der Waals surface area contributed by atoms with Gasteiger partial charge in [0.05, 0.1) is 5.69 Å². The van der Waals surface area contributed by atoms with E-state index in [0.29, 0.717) is 0 Å². The fraction of sp³-hybridized carbons (Fsp3) is 0.375. The highest BCUT2D eigenvalue weighted by molar-refractivity contribution is 7.09. The van der Waals surface area contributed by atoms with E-state index in [0.717, 1.165) is 30.0 Å². The van der Waals surface area contributed by atoms with Crippen molar-refractivity contribution in [2.24, 2.45) is 0 Å².